The predicted molar refractivity (Wildman–Crippen MR) is 119 cm³/mol. The summed E-state index contributed by atoms with van der Waals surface area (Å²) in [4.78, 5) is 20.4. The molecule has 30 heavy (non-hydrogen) atoms. The van der Waals surface area contributed by atoms with Gasteiger partial charge in [0.15, 0.2) is 4.96 Å². The van der Waals surface area contributed by atoms with Crippen molar-refractivity contribution < 1.29 is 9.47 Å². The molecule has 0 aliphatic carbocycles. The molecule has 0 atom stereocenters. The number of nitrogens with zero attached hydrogens (tertiary/aromatic N) is 3. The van der Waals surface area contributed by atoms with E-state index in [-0.39, 0.29) is 5.56 Å². The molecule has 4 rings (SSSR count). The Bertz CT molecular complexity index is 1200. The van der Waals surface area contributed by atoms with E-state index in [1.54, 1.807) is 24.7 Å². The van der Waals surface area contributed by atoms with Crippen molar-refractivity contribution >= 4 is 16.3 Å². The molecule has 0 saturated heterocycles. The van der Waals surface area contributed by atoms with Crippen LogP contribution in [0.3, 0.4) is 0 Å². The summed E-state index contributed by atoms with van der Waals surface area (Å²) in [7, 11) is 5.31. The van der Waals surface area contributed by atoms with Crippen LogP contribution in [0.4, 0.5) is 0 Å². The fourth-order valence-corrected chi connectivity index (χ4v) is 4.31. The highest BCUT2D eigenvalue weighted by Gasteiger charge is 2.12. The van der Waals surface area contributed by atoms with E-state index in [4.69, 9.17) is 14.5 Å². The van der Waals surface area contributed by atoms with Gasteiger partial charge in [0.2, 0.25) is 0 Å². The van der Waals surface area contributed by atoms with Crippen molar-refractivity contribution in [1.29, 1.82) is 0 Å². The Morgan fingerprint density at radius 3 is 2.23 bits per heavy atom. The summed E-state index contributed by atoms with van der Waals surface area (Å²) in [6.45, 7) is 1.35. The number of fused-ring (bicyclic) bond motifs is 1. The zero-order valence-corrected chi connectivity index (χ0v) is 18.0. The van der Waals surface area contributed by atoms with E-state index in [2.05, 4.69) is 4.90 Å². The second-order valence-corrected chi connectivity index (χ2v) is 7.91. The van der Waals surface area contributed by atoms with Gasteiger partial charge in [-0.25, -0.2) is 4.98 Å². The van der Waals surface area contributed by atoms with Crippen LogP contribution >= 0.6 is 11.3 Å². The minimum absolute atomic E-state index is 0.0695. The van der Waals surface area contributed by atoms with Gasteiger partial charge >= 0.3 is 0 Å². The number of ether oxygens (including phenoxy) is 2. The van der Waals surface area contributed by atoms with E-state index in [1.807, 2.05) is 61.0 Å². The average molecular weight is 422 g/mol. The standard InChI is InChI=1S/C23H23N3O3S/c1-25(13-16-4-8-19(28-2)9-5-16)14-18-12-22(27)26-21(15-30-23(26)24-18)17-6-10-20(29-3)11-7-17/h4-12,15H,13-14H2,1-3H3. The number of methoxy groups -OCH3 is 2. The summed E-state index contributed by atoms with van der Waals surface area (Å²) in [6, 6.07) is 17.3. The molecule has 2 aromatic carbocycles. The molecule has 2 aromatic heterocycles. The second-order valence-electron chi connectivity index (χ2n) is 7.07. The van der Waals surface area contributed by atoms with Gasteiger partial charge in [-0.05, 0) is 54.6 Å². The number of hydrogen-bond donors (Lipinski definition) is 0. The Morgan fingerprint density at radius 1 is 0.967 bits per heavy atom. The van der Waals surface area contributed by atoms with Crippen molar-refractivity contribution in [3.8, 4) is 22.8 Å². The topological polar surface area (TPSA) is 56.1 Å². The largest absolute Gasteiger partial charge is 0.497 e. The Morgan fingerprint density at radius 2 is 1.60 bits per heavy atom. The summed E-state index contributed by atoms with van der Waals surface area (Å²) in [5.41, 5.74) is 3.66. The zero-order chi connectivity index (χ0) is 21.1. The van der Waals surface area contributed by atoms with Gasteiger partial charge in [-0.1, -0.05) is 12.1 Å². The van der Waals surface area contributed by atoms with Gasteiger partial charge < -0.3 is 9.47 Å². The molecular weight excluding hydrogens is 398 g/mol. The molecule has 0 aliphatic rings. The molecule has 0 fully saturated rings. The first-order valence-electron chi connectivity index (χ1n) is 9.53. The van der Waals surface area contributed by atoms with Gasteiger partial charge in [-0.15, -0.1) is 11.3 Å². The minimum Gasteiger partial charge on any atom is -0.497 e. The van der Waals surface area contributed by atoms with Crippen molar-refractivity contribution in [2.24, 2.45) is 0 Å². The molecule has 0 amide bonds. The smallest absolute Gasteiger partial charge is 0.259 e. The van der Waals surface area contributed by atoms with E-state index in [0.29, 0.717) is 11.5 Å². The molecule has 0 radical (unpaired) electrons. The van der Waals surface area contributed by atoms with Crippen LogP contribution in [0.25, 0.3) is 16.2 Å². The summed E-state index contributed by atoms with van der Waals surface area (Å²) < 4.78 is 12.1. The highest BCUT2D eigenvalue weighted by Crippen LogP contribution is 2.26. The number of hydrogen-bond acceptors (Lipinski definition) is 6. The van der Waals surface area contributed by atoms with Crippen molar-refractivity contribution in [2.45, 2.75) is 13.1 Å². The first-order valence-corrected chi connectivity index (χ1v) is 10.4. The fourth-order valence-electron chi connectivity index (χ4n) is 3.38. The lowest BCUT2D eigenvalue weighted by molar-refractivity contribution is 0.315. The molecule has 0 saturated carbocycles. The molecule has 0 aliphatic heterocycles. The molecule has 0 bridgehead atoms. The maximum atomic E-state index is 12.9. The van der Waals surface area contributed by atoms with Crippen LogP contribution in [-0.2, 0) is 13.1 Å². The summed E-state index contributed by atoms with van der Waals surface area (Å²) in [5.74, 6) is 1.62. The van der Waals surface area contributed by atoms with Crippen molar-refractivity contribution in [2.75, 3.05) is 21.3 Å². The second kappa shape index (κ2) is 8.69. The molecule has 2 heterocycles. The van der Waals surface area contributed by atoms with Crippen LogP contribution in [0.2, 0.25) is 0 Å². The first-order chi connectivity index (χ1) is 14.6. The third-order valence-electron chi connectivity index (χ3n) is 4.89. The maximum Gasteiger partial charge on any atom is 0.259 e. The van der Waals surface area contributed by atoms with E-state index in [0.717, 1.165) is 35.0 Å². The quantitative estimate of drug-likeness (QED) is 0.450. The normalized spacial score (nSPS) is 11.2. The van der Waals surface area contributed by atoms with E-state index in [9.17, 15) is 4.79 Å². The van der Waals surface area contributed by atoms with Crippen molar-refractivity contribution in [1.82, 2.24) is 14.3 Å². The van der Waals surface area contributed by atoms with Crippen LogP contribution in [0.1, 0.15) is 11.3 Å². The molecule has 4 aromatic rings. The third-order valence-corrected chi connectivity index (χ3v) is 5.71. The molecule has 154 valence electrons. The first kappa shape index (κ1) is 20.1. The number of thiazole rings is 1. The molecular formula is C23H23N3O3S. The highest BCUT2D eigenvalue weighted by atomic mass is 32.1. The Balaban J connectivity index is 1.55. The molecule has 7 heteroatoms. The van der Waals surface area contributed by atoms with Gasteiger partial charge in [0.1, 0.15) is 11.5 Å². The number of benzene rings is 2. The summed E-state index contributed by atoms with van der Waals surface area (Å²) in [5, 5.41) is 1.97. The predicted octanol–water partition coefficient (Wildman–Crippen LogP) is 4.07. The van der Waals surface area contributed by atoms with Crippen LogP contribution in [0.15, 0.2) is 64.8 Å². The van der Waals surface area contributed by atoms with Gasteiger partial charge in [0, 0.05) is 24.5 Å². The highest BCUT2D eigenvalue weighted by molar-refractivity contribution is 7.15. The lowest BCUT2D eigenvalue weighted by Crippen LogP contribution is -2.21. The summed E-state index contributed by atoms with van der Waals surface area (Å²) >= 11 is 1.47. The van der Waals surface area contributed by atoms with Gasteiger partial charge in [0.05, 0.1) is 25.6 Å². The van der Waals surface area contributed by atoms with E-state index >= 15 is 0 Å². The van der Waals surface area contributed by atoms with Crippen LogP contribution < -0.4 is 15.0 Å². The molecule has 0 N–H and O–H groups in total. The van der Waals surface area contributed by atoms with Crippen LogP contribution in [0.5, 0.6) is 11.5 Å². The van der Waals surface area contributed by atoms with Crippen molar-refractivity contribution in [3.63, 3.8) is 0 Å². The number of aromatic nitrogens is 2. The maximum absolute atomic E-state index is 12.9. The minimum atomic E-state index is -0.0695. The lowest BCUT2D eigenvalue weighted by Gasteiger charge is -2.16. The Hall–Kier alpha value is -3.16. The Labute approximate surface area is 179 Å². The van der Waals surface area contributed by atoms with Crippen LogP contribution in [-0.4, -0.2) is 35.6 Å². The average Bonchev–Trinajstić information content (AvgIpc) is 3.19. The third kappa shape index (κ3) is 4.22. The monoisotopic (exact) mass is 421 g/mol. The zero-order valence-electron chi connectivity index (χ0n) is 17.2. The summed E-state index contributed by atoms with van der Waals surface area (Å²) in [6.07, 6.45) is 0. The van der Waals surface area contributed by atoms with Gasteiger partial charge in [-0.2, -0.15) is 0 Å². The van der Waals surface area contributed by atoms with E-state index < -0.39 is 0 Å². The van der Waals surface area contributed by atoms with E-state index in [1.165, 1.54) is 16.9 Å². The van der Waals surface area contributed by atoms with Crippen molar-refractivity contribution in [3.05, 3.63) is 81.6 Å². The fraction of sp³-hybridized carbons (Fsp3) is 0.217. The molecule has 0 spiro atoms. The molecule has 6 nitrogen and oxygen atoms in total. The Kier molecular flexibility index (Phi) is 5.83. The van der Waals surface area contributed by atoms with Gasteiger partial charge in [-0.3, -0.25) is 14.1 Å². The lowest BCUT2D eigenvalue weighted by atomic mass is 10.1. The van der Waals surface area contributed by atoms with Crippen LogP contribution in [0, 0.1) is 0 Å². The molecule has 0 unspecified atom stereocenters. The van der Waals surface area contributed by atoms with Gasteiger partial charge in [0.25, 0.3) is 5.56 Å². The SMILES string of the molecule is COc1ccc(CN(C)Cc2cc(=O)n3c(-c4ccc(OC)cc4)csc3n2)cc1. The number of rotatable bonds is 7.